The Bertz CT molecular complexity index is 150. The number of thiol groups is 1. The molecule has 0 rings (SSSR count). The highest BCUT2D eigenvalue weighted by Crippen LogP contribution is 1.95. The summed E-state index contributed by atoms with van der Waals surface area (Å²) in [6.07, 6.45) is 0.770. The summed E-state index contributed by atoms with van der Waals surface area (Å²) in [5, 5.41) is -0.351. The Kier molecular flexibility index (Phi) is 4.25. The van der Waals surface area contributed by atoms with Crippen LogP contribution in [0.1, 0.15) is 20.3 Å². The summed E-state index contributed by atoms with van der Waals surface area (Å²) in [5.74, 6) is 5.59. The van der Waals surface area contributed by atoms with E-state index in [-0.39, 0.29) is 5.12 Å². The molecule has 0 fully saturated rings. The van der Waals surface area contributed by atoms with Gasteiger partial charge in [0.1, 0.15) is 0 Å². The smallest absolute Gasteiger partial charge is 0.259 e. The minimum absolute atomic E-state index is 0.351. The maximum absolute atomic E-state index is 10.1. The topological polar surface area (TPSA) is 17.1 Å². The molecule has 2 heteroatoms. The molecule has 0 aliphatic heterocycles. The van der Waals surface area contributed by atoms with Gasteiger partial charge in [-0.05, 0) is 11.8 Å². The Hall–Kier alpha value is -0.420. The van der Waals surface area contributed by atoms with Crippen molar-refractivity contribution in [3.63, 3.8) is 0 Å². The van der Waals surface area contributed by atoms with Gasteiger partial charge in [-0.3, -0.25) is 4.79 Å². The van der Waals surface area contributed by atoms with Gasteiger partial charge in [0, 0.05) is 6.42 Å². The van der Waals surface area contributed by atoms with Gasteiger partial charge in [0.15, 0.2) is 0 Å². The van der Waals surface area contributed by atoms with Crippen LogP contribution in [0.2, 0.25) is 0 Å². The number of hydrogen-bond donors (Lipinski definition) is 1. The lowest BCUT2D eigenvalue weighted by Gasteiger charge is -1.91. The second kappa shape index (κ2) is 4.46. The molecule has 0 atom stereocenters. The Morgan fingerprint density at radius 1 is 1.67 bits per heavy atom. The molecule has 50 valence electrons. The van der Waals surface area contributed by atoms with E-state index in [1.807, 2.05) is 0 Å². The quantitative estimate of drug-likeness (QED) is 0.433. The van der Waals surface area contributed by atoms with Crippen LogP contribution >= 0.6 is 12.6 Å². The van der Waals surface area contributed by atoms with E-state index in [1.54, 1.807) is 0 Å². The summed E-state index contributed by atoms with van der Waals surface area (Å²) in [7, 11) is 0. The third-order valence-electron chi connectivity index (χ3n) is 0.706. The molecular formula is C7H10OS. The molecule has 0 N–H and O–H groups in total. The van der Waals surface area contributed by atoms with E-state index in [4.69, 9.17) is 0 Å². The molecule has 0 saturated heterocycles. The lowest BCUT2D eigenvalue weighted by atomic mass is 10.1. The standard InChI is InChI=1S/C7H10OS/c1-6(2)4-3-5-7(8)9/h6H,4H2,1-2H3,(H,8,9). The first kappa shape index (κ1) is 8.58. The van der Waals surface area contributed by atoms with Crippen molar-refractivity contribution in [2.75, 3.05) is 0 Å². The summed E-state index contributed by atoms with van der Waals surface area (Å²) < 4.78 is 0. The lowest BCUT2D eigenvalue weighted by Crippen LogP contribution is -1.83. The van der Waals surface area contributed by atoms with Gasteiger partial charge in [0.25, 0.3) is 5.12 Å². The number of carbonyl (C=O) groups excluding carboxylic acids is 1. The highest BCUT2D eigenvalue weighted by Gasteiger charge is 1.86. The molecule has 0 aliphatic carbocycles. The molecule has 9 heavy (non-hydrogen) atoms. The Labute approximate surface area is 61.2 Å². The van der Waals surface area contributed by atoms with E-state index < -0.39 is 0 Å². The fourth-order valence-corrected chi connectivity index (χ4v) is 0.410. The van der Waals surface area contributed by atoms with Crippen LogP contribution < -0.4 is 0 Å². The molecule has 0 saturated carbocycles. The van der Waals surface area contributed by atoms with Gasteiger partial charge in [0.2, 0.25) is 0 Å². The van der Waals surface area contributed by atoms with Gasteiger partial charge in [-0.25, -0.2) is 0 Å². The molecule has 0 radical (unpaired) electrons. The maximum Gasteiger partial charge on any atom is 0.259 e. The predicted octanol–water partition coefficient (Wildman–Crippen LogP) is 1.49. The van der Waals surface area contributed by atoms with Crippen molar-refractivity contribution in [3.8, 4) is 11.8 Å². The Morgan fingerprint density at radius 3 is 2.56 bits per heavy atom. The maximum atomic E-state index is 10.1. The van der Waals surface area contributed by atoms with Crippen LogP contribution in [-0.2, 0) is 4.79 Å². The second-order valence-corrected chi connectivity index (χ2v) is 2.61. The van der Waals surface area contributed by atoms with Crippen molar-refractivity contribution < 1.29 is 4.79 Å². The zero-order valence-corrected chi connectivity index (χ0v) is 6.53. The van der Waals surface area contributed by atoms with Gasteiger partial charge in [-0.2, -0.15) is 0 Å². The van der Waals surface area contributed by atoms with Gasteiger partial charge in [-0.15, -0.1) is 0 Å². The molecule has 0 unspecified atom stereocenters. The van der Waals surface area contributed by atoms with Crippen molar-refractivity contribution in [2.45, 2.75) is 20.3 Å². The van der Waals surface area contributed by atoms with Crippen molar-refractivity contribution >= 4 is 17.7 Å². The largest absolute Gasteiger partial charge is 0.272 e. The first-order valence-corrected chi connectivity index (χ1v) is 3.29. The van der Waals surface area contributed by atoms with E-state index >= 15 is 0 Å². The molecule has 0 aromatic rings. The summed E-state index contributed by atoms with van der Waals surface area (Å²) >= 11 is 3.49. The summed E-state index contributed by atoms with van der Waals surface area (Å²) in [4.78, 5) is 10.1. The SMILES string of the molecule is CC(C)CC#CC(=O)S. The average molecular weight is 142 g/mol. The van der Waals surface area contributed by atoms with Crippen LogP contribution in [0.3, 0.4) is 0 Å². The van der Waals surface area contributed by atoms with Crippen LogP contribution in [-0.4, -0.2) is 5.12 Å². The monoisotopic (exact) mass is 142 g/mol. The van der Waals surface area contributed by atoms with Gasteiger partial charge < -0.3 is 0 Å². The van der Waals surface area contributed by atoms with Crippen LogP contribution in [0.25, 0.3) is 0 Å². The highest BCUT2D eigenvalue weighted by atomic mass is 32.1. The molecule has 0 aromatic carbocycles. The van der Waals surface area contributed by atoms with Gasteiger partial charge >= 0.3 is 0 Å². The van der Waals surface area contributed by atoms with E-state index in [0.29, 0.717) is 5.92 Å². The zero-order chi connectivity index (χ0) is 7.28. The molecule has 0 spiro atoms. The normalized spacial score (nSPS) is 8.44. The summed E-state index contributed by atoms with van der Waals surface area (Å²) in [6.45, 7) is 4.11. The van der Waals surface area contributed by atoms with Crippen molar-refractivity contribution in [1.82, 2.24) is 0 Å². The van der Waals surface area contributed by atoms with E-state index in [0.717, 1.165) is 6.42 Å². The van der Waals surface area contributed by atoms with Crippen LogP contribution in [0.5, 0.6) is 0 Å². The first-order chi connectivity index (χ1) is 4.13. The van der Waals surface area contributed by atoms with Crippen LogP contribution in [0.4, 0.5) is 0 Å². The second-order valence-electron chi connectivity index (χ2n) is 2.20. The van der Waals surface area contributed by atoms with Crippen LogP contribution in [0.15, 0.2) is 0 Å². The zero-order valence-electron chi connectivity index (χ0n) is 5.64. The van der Waals surface area contributed by atoms with Gasteiger partial charge in [0.05, 0.1) is 0 Å². The fourth-order valence-electron chi connectivity index (χ4n) is 0.331. The average Bonchev–Trinajstić information content (AvgIpc) is 1.63. The van der Waals surface area contributed by atoms with Crippen molar-refractivity contribution in [2.24, 2.45) is 5.92 Å². The molecule has 0 bridgehead atoms. The van der Waals surface area contributed by atoms with Crippen molar-refractivity contribution in [3.05, 3.63) is 0 Å². The molecular weight excluding hydrogens is 132 g/mol. The number of hydrogen-bond acceptors (Lipinski definition) is 1. The van der Waals surface area contributed by atoms with Crippen LogP contribution in [0, 0.1) is 17.8 Å². The number of rotatable bonds is 1. The van der Waals surface area contributed by atoms with E-state index in [9.17, 15) is 4.79 Å². The number of carbonyl (C=O) groups is 1. The molecule has 1 nitrogen and oxygen atoms in total. The molecule has 0 amide bonds. The van der Waals surface area contributed by atoms with Gasteiger partial charge in [-0.1, -0.05) is 32.4 Å². The first-order valence-electron chi connectivity index (χ1n) is 2.84. The molecule has 0 aliphatic rings. The molecule has 0 aromatic heterocycles. The third kappa shape index (κ3) is 7.58. The lowest BCUT2D eigenvalue weighted by molar-refractivity contribution is -0.106. The van der Waals surface area contributed by atoms with Crippen molar-refractivity contribution in [1.29, 1.82) is 0 Å². The Balaban J connectivity index is 3.50. The molecule has 0 heterocycles. The summed E-state index contributed by atoms with van der Waals surface area (Å²) in [5.41, 5.74) is 0. The minimum atomic E-state index is -0.351. The van der Waals surface area contributed by atoms with E-state index in [2.05, 4.69) is 38.3 Å². The van der Waals surface area contributed by atoms with E-state index in [1.165, 1.54) is 0 Å². The minimum Gasteiger partial charge on any atom is -0.272 e. The fraction of sp³-hybridized carbons (Fsp3) is 0.571. The highest BCUT2D eigenvalue weighted by molar-refractivity contribution is 7.97. The third-order valence-corrected chi connectivity index (χ3v) is 0.817. The Morgan fingerprint density at radius 2 is 2.22 bits per heavy atom. The summed E-state index contributed by atoms with van der Waals surface area (Å²) in [6, 6.07) is 0. The predicted molar refractivity (Wildman–Crippen MR) is 41.2 cm³/mol.